The molecule has 2 aromatic rings. The fourth-order valence-corrected chi connectivity index (χ4v) is 2.97. The Balaban J connectivity index is 2.46. The van der Waals surface area contributed by atoms with Gasteiger partial charge in [-0.15, -0.1) is 0 Å². The van der Waals surface area contributed by atoms with Gasteiger partial charge in [-0.1, -0.05) is 17.7 Å². The van der Waals surface area contributed by atoms with Gasteiger partial charge in [0.1, 0.15) is 23.0 Å². The SMILES string of the molecule is COC(=O)c1c(C)oc(NS(=O)(=O)c2ccc(C)cc2)c1C#N. The van der Waals surface area contributed by atoms with Crippen molar-refractivity contribution in [3.63, 3.8) is 0 Å². The zero-order chi connectivity index (χ0) is 17.2. The molecule has 0 atom stereocenters. The zero-order valence-corrected chi connectivity index (χ0v) is 13.5. The molecule has 0 amide bonds. The summed E-state index contributed by atoms with van der Waals surface area (Å²) in [4.78, 5) is 11.7. The van der Waals surface area contributed by atoms with Gasteiger partial charge in [0, 0.05) is 0 Å². The molecule has 1 heterocycles. The Morgan fingerprint density at radius 2 is 1.87 bits per heavy atom. The van der Waals surface area contributed by atoms with E-state index >= 15 is 0 Å². The summed E-state index contributed by atoms with van der Waals surface area (Å²) in [5.74, 6) is -0.996. The number of ether oxygens (including phenoxy) is 1. The van der Waals surface area contributed by atoms with E-state index in [4.69, 9.17) is 4.42 Å². The van der Waals surface area contributed by atoms with Gasteiger partial charge in [0.2, 0.25) is 5.88 Å². The van der Waals surface area contributed by atoms with Crippen LogP contribution in [0, 0.1) is 25.2 Å². The maximum absolute atomic E-state index is 12.3. The lowest BCUT2D eigenvalue weighted by molar-refractivity contribution is 0.0598. The number of methoxy groups -OCH3 is 1. The van der Waals surface area contributed by atoms with Gasteiger partial charge < -0.3 is 9.15 Å². The number of hydrogen-bond acceptors (Lipinski definition) is 6. The lowest BCUT2D eigenvalue weighted by atomic mass is 10.1. The molecule has 0 aliphatic carbocycles. The monoisotopic (exact) mass is 334 g/mol. The predicted octanol–water partition coefficient (Wildman–Crippen LogP) is 2.36. The average molecular weight is 334 g/mol. The molecule has 7 nitrogen and oxygen atoms in total. The summed E-state index contributed by atoms with van der Waals surface area (Å²) in [6.45, 7) is 3.27. The lowest BCUT2D eigenvalue weighted by Crippen LogP contribution is -2.13. The van der Waals surface area contributed by atoms with Crippen LogP contribution in [0.4, 0.5) is 5.88 Å². The molecule has 1 N–H and O–H groups in total. The zero-order valence-electron chi connectivity index (χ0n) is 12.7. The summed E-state index contributed by atoms with van der Waals surface area (Å²) in [5, 5.41) is 9.21. The molecular formula is C15H14N2O5S. The summed E-state index contributed by atoms with van der Waals surface area (Å²) in [7, 11) is -2.79. The minimum atomic E-state index is -3.95. The molecule has 0 fully saturated rings. The van der Waals surface area contributed by atoms with Gasteiger partial charge in [0.05, 0.1) is 12.0 Å². The van der Waals surface area contributed by atoms with Crippen molar-refractivity contribution >= 4 is 21.9 Å². The molecule has 0 saturated carbocycles. The fraction of sp³-hybridized carbons (Fsp3) is 0.200. The second kappa shape index (κ2) is 6.14. The highest BCUT2D eigenvalue weighted by Crippen LogP contribution is 2.29. The summed E-state index contributed by atoms with van der Waals surface area (Å²) in [6.07, 6.45) is 0. The highest BCUT2D eigenvalue weighted by molar-refractivity contribution is 7.92. The number of anilines is 1. The van der Waals surface area contributed by atoms with Crippen LogP contribution in [0.3, 0.4) is 0 Å². The van der Waals surface area contributed by atoms with E-state index in [1.807, 2.05) is 6.92 Å². The number of nitrogens with one attached hydrogen (secondary N) is 1. The van der Waals surface area contributed by atoms with E-state index < -0.39 is 16.0 Å². The molecule has 0 spiro atoms. The molecule has 0 aliphatic heterocycles. The molecule has 0 aliphatic rings. The first-order chi connectivity index (χ1) is 10.8. The van der Waals surface area contributed by atoms with E-state index in [1.165, 1.54) is 19.1 Å². The number of rotatable bonds is 4. The van der Waals surface area contributed by atoms with Crippen LogP contribution in [0.5, 0.6) is 0 Å². The Kier molecular flexibility index (Phi) is 4.43. The van der Waals surface area contributed by atoms with E-state index in [-0.39, 0.29) is 27.7 Å². The first kappa shape index (κ1) is 16.6. The summed E-state index contributed by atoms with van der Waals surface area (Å²) in [5.41, 5.74) is 0.588. The smallest absolute Gasteiger partial charge is 0.342 e. The first-order valence-electron chi connectivity index (χ1n) is 6.51. The quantitative estimate of drug-likeness (QED) is 0.860. The molecular weight excluding hydrogens is 320 g/mol. The number of nitrogens with zero attached hydrogens (tertiary/aromatic N) is 1. The summed E-state index contributed by atoms with van der Waals surface area (Å²) >= 11 is 0. The maximum Gasteiger partial charge on any atom is 0.342 e. The maximum atomic E-state index is 12.3. The molecule has 0 radical (unpaired) electrons. The predicted molar refractivity (Wildman–Crippen MR) is 81.5 cm³/mol. The van der Waals surface area contributed by atoms with Crippen molar-refractivity contribution in [3.8, 4) is 6.07 Å². The van der Waals surface area contributed by atoms with Crippen molar-refractivity contribution in [2.24, 2.45) is 0 Å². The molecule has 23 heavy (non-hydrogen) atoms. The van der Waals surface area contributed by atoms with Gasteiger partial charge in [-0.05, 0) is 26.0 Å². The van der Waals surface area contributed by atoms with Crippen molar-refractivity contribution in [2.45, 2.75) is 18.7 Å². The molecule has 8 heteroatoms. The van der Waals surface area contributed by atoms with Crippen LogP contribution in [0.15, 0.2) is 33.6 Å². The van der Waals surface area contributed by atoms with Crippen LogP contribution < -0.4 is 4.72 Å². The minimum absolute atomic E-state index is 0.0145. The van der Waals surface area contributed by atoms with Crippen molar-refractivity contribution in [1.82, 2.24) is 0 Å². The van der Waals surface area contributed by atoms with Crippen LogP contribution in [-0.4, -0.2) is 21.5 Å². The summed E-state index contributed by atoms with van der Waals surface area (Å²) < 4.78 is 36.7. The normalized spacial score (nSPS) is 10.9. The highest BCUT2D eigenvalue weighted by Gasteiger charge is 2.27. The van der Waals surface area contributed by atoms with Gasteiger partial charge in [0.15, 0.2) is 0 Å². The number of carbonyl (C=O) groups excluding carboxylic acids is 1. The Morgan fingerprint density at radius 3 is 2.39 bits per heavy atom. The number of sulfonamides is 1. The third kappa shape index (κ3) is 3.19. The highest BCUT2D eigenvalue weighted by atomic mass is 32.2. The molecule has 1 aromatic heterocycles. The van der Waals surface area contributed by atoms with Crippen molar-refractivity contribution in [3.05, 3.63) is 46.7 Å². The van der Waals surface area contributed by atoms with Gasteiger partial charge in [0.25, 0.3) is 10.0 Å². The molecule has 120 valence electrons. The summed E-state index contributed by atoms with van der Waals surface area (Å²) in [6, 6.07) is 7.92. The number of furan rings is 1. The molecule has 1 aromatic carbocycles. The number of esters is 1. The number of carbonyl (C=O) groups is 1. The number of benzene rings is 1. The van der Waals surface area contributed by atoms with Crippen LogP contribution in [0.1, 0.15) is 27.2 Å². The minimum Gasteiger partial charge on any atom is -0.465 e. The molecule has 0 saturated heterocycles. The third-order valence-corrected chi connectivity index (χ3v) is 4.49. The van der Waals surface area contributed by atoms with E-state index in [0.29, 0.717) is 0 Å². The number of nitriles is 1. The van der Waals surface area contributed by atoms with Crippen molar-refractivity contribution in [1.29, 1.82) is 5.26 Å². The Bertz CT molecular complexity index is 889. The van der Waals surface area contributed by atoms with Gasteiger partial charge >= 0.3 is 5.97 Å². The first-order valence-corrected chi connectivity index (χ1v) is 7.99. The average Bonchev–Trinajstić information content (AvgIpc) is 2.81. The second-order valence-electron chi connectivity index (χ2n) is 4.76. The van der Waals surface area contributed by atoms with Crippen LogP contribution in [-0.2, 0) is 14.8 Å². The van der Waals surface area contributed by atoms with Crippen molar-refractivity contribution < 1.29 is 22.4 Å². The van der Waals surface area contributed by atoms with Crippen LogP contribution in [0.25, 0.3) is 0 Å². The largest absolute Gasteiger partial charge is 0.465 e. The Hall–Kier alpha value is -2.79. The van der Waals surface area contributed by atoms with E-state index in [1.54, 1.807) is 18.2 Å². The number of hydrogen-bond donors (Lipinski definition) is 1. The third-order valence-electron chi connectivity index (χ3n) is 3.14. The van der Waals surface area contributed by atoms with E-state index in [0.717, 1.165) is 12.7 Å². The lowest BCUT2D eigenvalue weighted by Gasteiger charge is -2.06. The molecule has 0 unspecified atom stereocenters. The van der Waals surface area contributed by atoms with E-state index in [2.05, 4.69) is 9.46 Å². The standard InChI is InChI=1S/C15H14N2O5S/c1-9-4-6-11(7-5-9)23(19,20)17-14-12(8-16)13(10(2)22-14)15(18)21-3/h4-7,17H,1-3H3. The van der Waals surface area contributed by atoms with Gasteiger partial charge in [-0.3, -0.25) is 0 Å². The topological polar surface area (TPSA) is 109 Å². The Morgan fingerprint density at radius 1 is 1.26 bits per heavy atom. The van der Waals surface area contributed by atoms with Gasteiger partial charge in [-0.2, -0.15) is 5.26 Å². The van der Waals surface area contributed by atoms with Crippen LogP contribution >= 0.6 is 0 Å². The molecule has 0 bridgehead atoms. The Labute approximate surface area is 133 Å². The second-order valence-corrected chi connectivity index (χ2v) is 6.44. The van der Waals surface area contributed by atoms with Gasteiger partial charge in [-0.25, -0.2) is 17.9 Å². The van der Waals surface area contributed by atoms with E-state index in [9.17, 15) is 18.5 Å². The van der Waals surface area contributed by atoms with Crippen molar-refractivity contribution in [2.75, 3.05) is 11.8 Å². The molecule has 2 rings (SSSR count). The number of aryl methyl sites for hydroxylation is 2. The van der Waals surface area contributed by atoms with Crippen LogP contribution in [0.2, 0.25) is 0 Å². The fourth-order valence-electron chi connectivity index (χ4n) is 1.97.